The van der Waals surface area contributed by atoms with Crippen molar-refractivity contribution in [1.29, 1.82) is 0 Å². The molecule has 106 heavy (non-hydrogen) atoms. The Balaban J connectivity index is 5.48. The number of aliphatic hydroxyl groups excluding tert-OH is 1. The summed E-state index contributed by atoms with van der Waals surface area (Å²) >= 11 is 0. The van der Waals surface area contributed by atoms with Crippen LogP contribution >= 0.6 is 15.6 Å². The first-order valence-electron chi connectivity index (χ1n) is 40.4. The second kappa shape index (κ2) is 77.6. The standard InChI is InChI=1S/C87H142O17P2/c1-5-9-13-17-21-25-29-33-36-38-40-42-45-49-52-56-60-64-68-72-85(90)98-78-83(104-87(92)74-70-66-62-58-54-50-46-43-41-39-37-34-30-26-22-18-14-10-6-2)80-102-106(95,96)100-76-81(88)75-99-105(93,94)101-79-82(103-86(91)73-69-65-61-57-53-47-32-28-24-20-16-12-8-4)77-97-84(89)71-67-63-59-55-51-48-44-35-31-27-23-19-15-11-7-3/h9-10,13-14,16,20-23,25-28,32-37,40-44,49,52,60,64,81-83,88H,5-8,11-12,15,17-19,24,29-31,38-39,45-48,50-51,53-59,61-63,65-80H2,1-4H3,(H,93,94)(H,95,96)/b13-9-,14-10-,20-16-,25-21-,26-22-,27-23-,32-28-,36-33-,37-34-,42-40-,43-41-,44-35-,52-49-,64-60-. The van der Waals surface area contributed by atoms with E-state index in [0.29, 0.717) is 32.1 Å². The van der Waals surface area contributed by atoms with E-state index in [-0.39, 0.29) is 25.7 Å². The summed E-state index contributed by atoms with van der Waals surface area (Å²) in [5, 5.41) is 10.6. The number of hydrogen-bond donors (Lipinski definition) is 3. The summed E-state index contributed by atoms with van der Waals surface area (Å²) in [6, 6.07) is 0. The van der Waals surface area contributed by atoms with Crippen LogP contribution in [0.15, 0.2) is 170 Å². The van der Waals surface area contributed by atoms with Crippen LogP contribution in [0.4, 0.5) is 0 Å². The summed E-state index contributed by atoms with van der Waals surface area (Å²) in [6.45, 7) is 4.41. The van der Waals surface area contributed by atoms with E-state index in [9.17, 15) is 43.2 Å². The van der Waals surface area contributed by atoms with Gasteiger partial charge in [0.15, 0.2) is 12.2 Å². The molecule has 5 unspecified atom stereocenters. The van der Waals surface area contributed by atoms with Crippen molar-refractivity contribution in [3.63, 3.8) is 0 Å². The van der Waals surface area contributed by atoms with Crippen LogP contribution in [0.25, 0.3) is 0 Å². The second-order valence-electron chi connectivity index (χ2n) is 26.2. The van der Waals surface area contributed by atoms with Crippen molar-refractivity contribution in [2.24, 2.45) is 0 Å². The highest BCUT2D eigenvalue weighted by molar-refractivity contribution is 7.47. The summed E-state index contributed by atoms with van der Waals surface area (Å²) in [6.07, 6.45) is 92.0. The minimum absolute atomic E-state index is 0.0263. The lowest BCUT2D eigenvalue weighted by Gasteiger charge is -2.21. The fourth-order valence-electron chi connectivity index (χ4n) is 10.1. The molecule has 0 spiro atoms. The number of hydrogen-bond acceptors (Lipinski definition) is 15. The Morgan fingerprint density at radius 3 is 0.849 bits per heavy atom. The zero-order valence-corrected chi connectivity index (χ0v) is 67.6. The smallest absolute Gasteiger partial charge is 0.462 e. The van der Waals surface area contributed by atoms with Gasteiger partial charge in [-0.2, -0.15) is 0 Å². The SMILES string of the molecule is CC/C=C\C/C=C\C/C=C\C/C=C\C/C=C\C/C=C\CCC(=O)OCC(COP(=O)(O)OCC(O)COP(=O)(O)OCC(COC(=O)CCCCCCC/C=C\C/C=C\CCCCC)OC(=O)CCCCCCC/C=C\C/C=C\CCC)OC(=O)CCCCCCCC/C=C\C/C=C\C/C=C\C/C=C\CC. The van der Waals surface area contributed by atoms with Gasteiger partial charge in [0.05, 0.1) is 26.4 Å². The number of phosphoric ester groups is 2. The van der Waals surface area contributed by atoms with Crippen molar-refractivity contribution >= 4 is 39.5 Å². The molecule has 0 aliphatic heterocycles. The molecule has 0 aromatic carbocycles. The summed E-state index contributed by atoms with van der Waals surface area (Å²) in [7, 11) is -10.0. The number of aliphatic hydroxyl groups is 1. The Morgan fingerprint density at radius 2 is 0.528 bits per heavy atom. The van der Waals surface area contributed by atoms with Crippen LogP contribution in [-0.2, 0) is 65.4 Å². The van der Waals surface area contributed by atoms with Gasteiger partial charge in [-0.05, 0) is 161 Å². The Morgan fingerprint density at radius 1 is 0.274 bits per heavy atom. The third-order valence-corrected chi connectivity index (χ3v) is 18.0. The van der Waals surface area contributed by atoms with Crippen LogP contribution in [0.3, 0.4) is 0 Å². The van der Waals surface area contributed by atoms with Gasteiger partial charge in [-0.25, -0.2) is 9.13 Å². The van der Waals surface area contributed by atoms with Crippen molar-refractivity contribution in [3.05, 3.63) is 170 Å². The van der Waals surface area contributed by atoms with Gasteiger partial charge < -0.3 is 33.8 Å². The van der Waals surface area contributed by atoms with Crippen molar-refractivity contribution in [2.75, 3.05) is 39.6 Å². The predicted molar refractivity (Wildman–Crippen MR) is 436 cm³/mol. The minimum Gasteiger partial charge on any atom is -0.462 e. The highest BCUT2D eigenvalue weighted by Gasteiger charge is 2.30. The van der Waals surface area contributed by atoms with Crippen LogP contribution in [0.2, 0.25) is 0 Å². The number of ether oxygens (including phenoxy) is 4. The first-order valence-corrected chi connectivity index (χ1v) is 43.4. The van der Waals surface area contributed by atoms with Gasteiger partial charge >= 0.3 is 39.5 Å². The molecule has 0 aromatic heterocycles. The lowest BCUT2D eigenvalue weighted by atomic mass is 10.1. The molecule has 19 heteroatoms. The lowest BCUT2D eigenvalue weighted by molar-refractivity contribution is -0.161. The average molecular weight is 1520 g/mol. The molecule has 0 amide bonds. The zero-order valence-electron chi connectivity index (χ0n) is 65.8. The monoisotopic (exact) mass is 1520 g/mol. The Bertz CT molecular complexity index is 2680. The predicted octanol–water partition coefficient (Wildman–Crippen LogP) is 23.8. The number of esters is 4. The molecule has 17 nitrogen and oxygen atoms in total. The van der Waals surface area contributed by atoms with Crippen LogP contribution in [0, 0.1) is 0 Å². The summed E-state index contributed by atoms with van der Waals surface area (Å²) in [5.74, 6) is -2.33. The van der Waals surface area contributed by atoms with Crippen LogP contribution in [0.5, 0.6) is 0 Å². The van der Waals surface area contributed by atoms with E-state index in [4.69, 9.17) is 37.0 Å². The molecule has 0 fully saturated rings. The molecular formula is C87H142O17P2. The maximum atomic E-state index is 13.1. The maximum absolute atomic E-state index is 13.1. The van der Waals surface area contributed by atoms with E-state index >= 15 is 0 Å². The summed E-state index contributed by atoms with van der Waals surface area (Å²) in [4.78, 5) is 73.0. The molecule has 0 rings (SSSR count). The summed E-state index contributed by atoms with van der Waals surface area (Å²) < 4.78 is 68.5. The normalized spacial score (nSPS) is 14.7. The van der Waals surface area contributed by atoms with Crippen molar-refractivity contribution in [2.45, 2.75) is 316 Å². The van der Waals surface area contributed by atoms with E-state index in [2.05, 4.69) is 180 Å². The molecular weight excluding hydrogens is 1380 g/mol. The average Bonchev–Trinajstić information content (AvgIpc) is 0.903. The third-order valence-electron chi connectivity index (χ3n) is 16.1. The van der Waals surface area contributed by atoms with Gasteiger partial charge in [0.1, 0.15) is 19.3 Å². The topological polar surface area (TPSA) is 237 Å². The molecule has 0 bridgehead atoms. The summed E-state index contributed by atoms with van der Waals surface area (Å²) in [5.41, 5.74) is 0. The third kappa shape index (κ3) is 76.6. The maximum Gasteiger partial charge on any atom is 0.472 e. The molecule has 5 atom stereocenters. The lowest BCUT2D eigenvalue weighted by Crippen LogP contribution is -2.30. The van der Waals surface area contributed by atoms with Gasteiger partial charge in [0.25, 0.3) is 0 Å². The quantitative estimate of drug-likeness (QED) is 0.0169. The number of rotatable bonds is 74. The fraction of sp³-hybridized carbons (Fsp3) is 0.632. The van der Waals surface area contributed by atoms with Crippen molar-refractivity contribution in [1.82, 2.24) is 0 Å². The molecule has 0 heterocycles. The van der Waals surface area contributed by atoms with Gasteiger partial charge in [-0.3, -0.25) is 37.3 Å². The van der Waals surface area contributed by atoms with Crippen LogP contribution < -0.4 is 0 Å². The molecule has 0 saturated carbocycles. The van der Waals surface area contributed by atoms with Gasteiger partial charge in [0.2, 0.25) is 0 Å². The van der Waals surface area contributed by atoms with Gasteiger partial charge in [-0.15, -0.1) is 0 Å². The van der Waals surface area contributed by atoms with E-state index in [1.807, 2.05) is 18.2 Å². The minimum atomic E-state index is -5.01. The molecule has 0 radical (unpaired) electrons. The Kier molecular flexibility index (Phi) is 73.5. The highest BCUT2D eigenvalue weighted by Crippen LogP contribution is 2.45. The zero-order chi connectivity index (χ0) is 77.4. The van der Waals surface area contributed by atoms with Crippen LogP contribution in [0.1, 0.15) is 297 Å². The molecule has 0 aromatic rings. The fourth-order valence-corrected chi connectivity index (χ4v) is 11.6. The number of carbonyl (C=O) groups excluding carboxylic acids is 4. The van der Waals surface area contributed by atoms with E-state index in [0.717, 1.165) is 193 Å². The molecule has 0 aliphatic carbocycles. The largest absolute Gasteiger partial charge is 0.472 e. The first-order chi connectivity index (χ1) is 51.7. The first kappa shape index (κ1) is 100. The van der Waals surface area contributed by atoms with Crippen LogP contribution in [-0.4, -0.2) is 96.7 Å². The van der Waals surface area contributed by atoms with Crippen molar-refractivity contribution in [3.8, 4) is 0 Å². The van der Waals surface area contributed by atoms with E-state index < -0.39 is 97.5 Å². The number of unbranched alkanes of at least 4 members (excludes halogenated alkanes) is 20. The second-order valence-corrected chi connectivity index (χ2v) is 29.1. The van der Waals surface area contributed by atoms with E-state index in [1.54, 1.807) is 0 Å². The Hall–Kier alpha value is -5.58. The molecule has 0 saturated heterocycles. The van der Waals surface area contributed by atoms with E-state index in [1.165, 1.54) is 19.3 Å². The molecule has 602 valence electrons. The highest BCUT2D eigenvalue weighted by atomic mass is 31.2. The van der Waals surface area contributed by atoms with Crippen molar-refractivity contribution < 1.29 is 80.2 Å². The number of allylic oxidation sites excluding steroid dienone is 28. The molecule has 3 N–H and O–H groups in total. The molecule has 0 aliphatic rings. The Labute approximate surface area is 642 Å². The number of carbonyl (C=O) groups is 4. The van der Waals surface area contributed by atoms with Gasteiger partial charge in [-0.1, -0.05) is 281 Å². The number of phosphoric acid groups is 2. The van der Waals surface area contributed by atoms with Gasteiger partial charge in [0, 0.05) is 25.7 Å².